The summed E-state index contributed by atoms with van der Waals surface area (Å²) < 4.78 is 41.2. The highest BCUT2D eigenvalue weighted by Gasteiger charge is 2.32. The summed E-state index contributed by atoms with van der Waals surface area (Å²) in [6, 6.07) is 15.5. The van der Waals surface area contributed by atoms with Crippen LogP contribution in [0.1, 0.15) is 38.2 Å². The van der Waals surface area contributed by atoms with Gasteiger partial charge >= 0.3 is 6.36 Å². The maximum Gasteiger partial charge on any atom is 0.573 e. The van der Waals surface area contributed by atoms with Crippen LogP contribution in [0.25, 0.3) is 0 Å². The number of halogens is 3. The predicted molar refractivity (Wildman–Crippen MR) is 134 cm³/mol. The van der Waals surface area contributed by atoms with Crippen molar-refractivity contribution in [3.05, 3.63) is 88.1 Å². The summed E-state index contributed by atoms with van der Waals surface area (Å²) in [6.07, 6.45) is -3.03. The Bertz CT molecular complexity index is 1380. The van der Waals surface area contributed by atoms with Gasteiger partial charge in [0.05, 0.1) is 5.56 Å². The molecule has 3 aromatic rings. The molecule has 1 amide bonds. The first-order chi connectivity index (χ1) is 18.2. The number of hydrogen-bond donors (Lipinski definition) is 0. The maximum absolute atomic E-state index is 13.1. The number of nitrogens with zero attached hydrogens (tertiary/aromatic N) is 5. The van der Waals surface area contributed by atoms with E-state index in [9.17, 15) is 23.2 Å². The van der Waals surface area contributed by atoms with Gasteiger partial charge in [-0.05, 0) is 53.4 Å². The molecular weight excluding hydrogens is 495 g/mol. The summed E-state index contributed by atoms with van der Waals surface area (Å²) in [7, 11) is 0. The normalized spacial score (nSPS) is 15.9. The molecular formula is C28H26F3N5O2. The van der Waals surface area contributed by atoms with E-state index in [0.717, 1.165) is 60.8 Å². The van der Waals surface area contributed by atoms with Crippen LogP contribution < -0.4 is 9.64 Å². The first-order valence-electron chi connectivity index (χ1n) is 12.3. The Morgan fingerprint density at radius 2 is 1.76 bits per heavy atom. The van der Waals surface area contributed by atoms with Crippen LogP contribution in [0.2, 0.25) is 0 Å². The van der Waals surface area contributed by atoms with Crippen LogP contribution in [-0.4, -0.2) is 53.2 Å². The summed E-state index contributed by atoms with van der Waals surface area (Å²) in [6.45, 7) is 6.65. The standard InChI is InChI=1S/C28H26F3N5O2/c1-19-13-21(16-34-9-11-35(12-10-34)26-22(15-32)3-2-8-33-26)14-23-18-36(27(37)25(19)23)17-20-4-6-24(7-5-20)38-28(29,30)31/h2-8,13-14H,9-12,16-18H2,1H3. The van der Waals surface area contributed by atoms with Gasteiger partial charge in [0.1, 0.15) is 17.6 Å². The summed E-state index contributed by atoms with van der Waals surface area (Å²) in [5, 5.41) is 9.37. The monoisotopic (exact) mass is 521 g/mol. The van der Waals surface area contributed by atoms with Gasteiger partial charge in [0.15, 0.2) is 0 Å². The molecule has 5 rings (SSSR count). The van der Waals surface area contributed by atoms with E-state index in [-0.39, 0.29) is 11.7 Å². The highest BCUT2D eigenvalue weighted by Crippen LogP contribution is 2.30. The number of ether oxygens (including phenoxy) is 1. The first kappa shape index (κ1) is 25.5. The van der Waals surface area contributed by atoms with Crippen LogP contribution in [0.3, 0.4) is 0 Å². The highest BCUT2D eigenvalue weighted by atomic mass is 19.4. The van der Waals surface area contributed by atoms with Gasteiger partial charge in [-0.25, -0.2) is 4.98 Å². The lowest BCUT2D eigenvalue weighted by atomic mass is 10.00. The zero-order valence-electron chi connectivity index (χ0n) is 20.8. The Morgan fingerprint density at radius 1 is 1.03 bits per heavy atom. The third-order valence-electron chi connectivity index (χ3n) is 6.85. The van der Waals surface area contributed by atoms with E-state index in [1.54, 1.807) is 35.4 Å². The van der Waals surface area contributed by atoms with E-state index in [4.69, 9.17) is 0 Å². The van der Waals surface area contributed by atoms with Gasteiger partial charge in [0, 0.05) is 57.6 Å². The molecule has 0 saturated carbocycles. The summed E-state index contributed by atoms with van der Waals surface area (Å²) in [5.74, 6) is 0.366. The van der Waals surface area contributed by atoms with E-state index < -0.39 is 6.36 Å². The maximum atomic E-state index is 13.1. The molecule has 0 radical (unpaired) electrons. The van der Waals surface area contributed by atoms with Gasteiger partial charge in [0.2, 0.25) is 0 Å². The van der Waals surface area contributed by atoms with E-state index in [2.05, 4.69) is 37.7 Å². The number of nitriles is 1. The topological polar surface area (TPSA) is 72.7 Å². The second kappa shape index (κ2) is 10.3. The number of rotatable bonds is 6. The molecule has 3 heterocycles. The van der Waals surface area contributed by atoms with Crippen LogP contribution in [-0.2, 0) is 19.6 Å². The molecule has 0 N–H and O–H groups in total. The first-order valence-corrected chi connectivity index (χ1v) is 12.3. The molecule has 2 aliphatic rings. The van der Waals surface area contributed by atoms with Gasteiger partial charge in [0.25, 0.3) is 5.91 Å². The van der Waals surface area contributed by atoms with Gasteiger partial charge < -0.3 is 14.5 Å². The minimum atomic E-state index is -4.74. The number of alkyl halides is 3. The molecule has 196 valence electrons. The lowest BCUT2D eigenvalue weighted by molar-refractivity contribution is -0.274. The Kier molecular flexibility index (Phi) is 6.95. The molecule has 7 nitrogen and oxygen atoms in total. The lowest BCUT2D eigenvalue weighted by Crippen LogP contribution is -2.46. The molecule has 0 atom stereocenters. The third kappa shape index (κ3) is 5.58. The Labute approximate surface area is 218 Å². The van der Waals surface area contributed by atoms with E-state index in [1.807, 2.05) is 6.92 Å². The van der Waals surface area contributed by atoms with Crippen molar-refractivity contribution in [1.82, 2.24) is 14.8 Å². The number of benzene rings is 2. The van der Waals surface area contributed by atoms with Crippen molar-refractivity contribution in [2.75, 3.05) is 31.1 Å². The summed E-state index contributed by atoms with van der Waals surface area (Å²) in [4.78, 5) is 23.7. The Hall–Kier alpha value is -4.10. The van der Waals surface area contributed by atoms with Crippen molar-refractivity contribution in [3.63, 3.8) is 0 Å². The molecule has 1 saturated heterocycles. The number of carbonyl (C=O) groups excluding carboxylic acids is 1. The fourth-order valence-electron chi connectivity index (χ4n) is 5.16. The molecule has 38 heavy (non-hydrogen) atoms. The largest absolute Gasteiger partial charge is 0.573 e. The number of fused-ring (bicyclic) bond motifs is 1. The molecule has 2 aromatic carbocycles. The number of carbonyl (C=O) groups is 1. The number of piperazine rings is 1. The van der Waals surface area contributed by atoms with Crippen LogP contribution >= 0.6 is 0 Å². The second-order valence-electron chi connectivity index (χ2n) is 9.55. The fraction of sp³-hybridized carbons (Fsp3) is 0.321. The number of amides is 1. The van der Waals surface area contributed by atoms with E-state index in [0.29, 0.717) is 24.2 Å². The SMILES string of the molecule is Cc1cc(CN2CCN(c3ncccc3C#N)CC2)cc2c1C(=O)N(Cc1ccc(OC(F)(F)F)cc1)C2. The number of pyridine rings is 1. The van der Waals surface area contributed by atoms with Gasteiger partial charge in [-0.3, -0.25) is 9.69 Å². The van der Waals surface area contributed by atoms with Crippen LogP contribution in [0, 0.1) is 18.3 Å². The molecule has 1 fully saturated rings. The minimum Gasteiger partial charge on any atom is -0.406 e. The molecule has 1 aromatic heterocycles. The van der Waals surface area contributed by atoms with Crippen molar-refractivity contribution >= 4 is 11.7 Å². The van der Waals surface area contributed by atoms with Crippen molar-refractivity contribution < 1.29 is 22.7 Å². The zero-order valence-corrected chi connectivity index (χ0v) is 20.8. The Balaban J connectivity index is 1.21. The molecule has 0 unspecified atom stereocenters. The average Bonchev–Trinajstić information content (AvgIpc) is 3.20. The Morgan fingerprint density at radius 3 is 2.45 bits per heavy atom. The van der Waals surface area contributed by atoms with Gasteiger partial charge in [-0.1, -0.05) is 24.3 Å². The van der Waals surface area contributed by atoms with Crippen LogP contribution in [0.4, 0.5) is 19.0 Å². The summed E-state index contributed by atoms with van der Waals surface area (Å²) in [5.41, 5.74) is 5.03. The lowest BCUT2D eigenvalue weighted by Gasteiger charge is -2.35. The molecule has 2 aliphatic heterocycles. The zero-order chi connectivity index (χ0) is 26.9. The van der Waals surface area contributed by atoms with Crippen molar-refractivity contribution in [2.24, 2.45) is 0 Å². The van der Waals surface area contributed by atoms with Crippen LogP contribution in [0.15, 0.2) is 54.7 Å². The van der Waals surface area contributed by atoms with Crippen molar-refractivity contribution in [3.8, 4) is 11.8 Å². The smallest absolute Gasteiger partial charge is 0.406 e. The van der Waals surface area contributed by atoms with E-state index >= 15 is 0 Å². The van der Waals surface area contributed by atoms with Crippen molar-refractivity contribution in [1.29, 1.82) is 5.26 Å². The van der Waals surface area contributed by atoms with Gasteiger partial charge in [-0.2, -0.15) is 5.26 Å². The summed E-state index contributed by atoms with van der Waals surface area (Å²) >= 11 is 0. The van der Waals surface area contributed by atoms with E-state index in [1.165, 1.54) is 12.1 Å². The minimum absolute atomic E-state index is 0.0723. The highest BCUT2D eigenvalue weighted by molar-refractivity contribution is 5.99. The molecule has 0 aliphatic carbocycles. The second-order valence-corrected chi connectivity index (χ2v) is 9.55. The quantitative estimate of drug-likeness (QED) is 0.471. The third-order valence-corrected chi connectivity index (χ3v) is 6.85. The van der Waals surface area contributed by atoms with Crippen LogP contribution in [0.5, 0.6) is 5.75 Å². The number of hydrogen-bond acceptors (Lipinski definition) is 6. The molecule has 0 bridgehead atoms. The van der Waals surface area contributed by atoms with Gasteiger partial charge in [-0.15, -0.1) is 13.2 Å². The number of anilines is 1. The fourth-order valence-corrected chi connectivity index (χ4v) is 5.16. The predicted octanol–water partition coefficient (Wildman–Crippen LogP) is 4.64. The average molecular weight is 522 g/mol. The number of aromatic nitrogens is 1. The molecule has 10 heteroatoms. The molecule has 0 spiro atoms. The number of aryl methyl sites for hydroxylation is 1. The van der Waals surface area contributed by atoms with Crippen molar-refractivity contribution in [2.45, 2.75) is 32.9 Å².